The highest BCUT2D eigenvalue weighted by molar-refractivity contribution is 7.09. The molecule has 0 amide bonds. The molecule has 23 heavy (non-hydrogen) atoms. The van der Waals surface area contributed by atoms with E-state index in [0.717, 1.165) is 36.9 Å². The first kappa shape index (κ1) is 17.5. The molecule has 2 rings (SSSR count). The van der Waals surface area contributed by atoms with Gasteiger partial charge in [0.15, 0.2) is 5.96 Å². The molecule has 0 aromatic carbocycles. The van der Waals surface area contributed by atoms with Gasteiger partial charge in [0.2, 0.25) is 0 Å². The molecule has 2 aromatic rings. The minimum atomic E-state index is 0.500. The van der Waals surface area contributed by atoms with Gasteiger partial charge in [0.05, 0.1) is 22.9 Å². The van der Waals surface area contributed by atoms with Gasteiger partial charge in [0.25, 0.3) is 0 Å². The second-order valence-electron chi connectivity index (χ2n) is 5.65. The number of aliphatic imine (C=N–C) groups is 1. The molecule has 0 unspecified atom stereocenters. The summed E-state index contributed by atoms with van der Waals surface area (Å²) in [6.07, 6.45) is 2.69. The lowest BCUT2D eigenvalue weighted by molar-refractivity contribution is 0.706. The molecule has 0 radical (unpaired) electrons. The van der Waals surface area contributed by atoms with Crippen molar-refractivity contribution in [3.05, 3.63) is 34.0 Å². The van der Waals surface area contributed by atoms with Gasteiger partial charge in [-0.3, -0.25) is 4.68 Å². The summed E-state index contributed by atoms with van der Waals surface area (Å²) in [5, 5.41) is 14.1. The van der Waals surface area contributed by atoms with Gasteiger partial charge in [-0.25, -0.2) is 9.98 Å². The maximum Gasteiger partial charge on any atom is 0.191 e. The zero-order valence-electron chi connectivity index (χ0n) is 14.3. The fourth-order valence-corrected chi connectivity index (χ4v) is 2.94. The van der Waals surface area contributed by atoms with Crippen molar-refractivity contribution >= 4 is 17.3 Å². The summed E-state index contributed by atoms with van der Waals surface area (Å²) in [6.45, 7) is 8.69. The van der Waals surface area contributed by atoms with Gasteiger partial charge in [0, 0.05) is 44.1 Å². The van der Waals surface area contributed by atoms with Crippen LogP contribution in [-0.4, -0.2) is 33.8 Å². The van der Waals surface area contributed by atoms with Gasteiger partial charge in [-0.2, -0.15) is 5.10 Å². The smallest absolute Gasteiger partial charge is 0.191 e. The van der Waals surface area contributed by atoms with E-state index < -0.39 is 0 Å². The number of guanidine groups is 1. The molecule has 2 aromatic heterocycles. The third-order valence-electron chi connectivity index (χ3n) is 3.40. The SMILES string of the molecule is CCNC(=NCc1ccnn1C)NCCc1csc(C(C)C)n1. The molecule has 0 bridgehead atoms. The second kappa shape index (κ2) is 8.67. The van der Waals surface area contributed by atoms with Crippen LogP contribution in [0.3, 0.4) is 0 Å². The summed E-state index contributed by atoms with van der Waals surface area (Å²) in [6, 6.07) is 1.98. The average Bonchev–Trinajstić information content (AvgIpc) is 3.14. The van der Waals surface area contributed by atoms with Crippen LogP contribution in [0, 0.1) is 0 Å². The average molecular weight is 334 g/mol. The first-order valence-electron chi connectivity index (χ1n) is 8.03. The predicted octanol–water partition coefficient (Wildman–Crippen LogP) is 2.30. The Balaban J connectivity index is 1.85. The highest BCUT2D eigenvalue weighted by Gasteiger charge is 2.06. The summed E-state index contributed by atoms with van der Waals surface area (Å²) in [5.74, 6) is 1.33. The van der Waals surface area contributed by atoms with E-state index >= 15 is 0 Å². The van der Waals surface area contributed by atoms with Crippen LogP contribution in [0.5, 0.6) is 0 Å². The van der Waals surface area contributed by atoms with Crippen LogP contribution in [-0.2, 0) is 20.0 Å². The Bertz CT molecular complexity index is 628. The van der Waals surface area contributed by atoms with E-state index in [0.29, 0.717) is 12.5 Å². The Morgan fingerprint density at radius 1 is 1.39 bits per heavy atom. The molecular formula is C16H26N6S. The minimum Gasteiger partial charge on any atom is -0.357 e. The number of rotatable bonds is 7. The molecular weight excluding hydrogens is 308 g/mol. The normalized spacial score (nSPS) is 12.0. The van der Waals surface area contributed by atoms with E-state index in [2.05, 4.69) is 51.9 Å². The molecule has 2 heterocycles. The van der Waals surface area contributed by atoms with Gasteiger partial charge < -0.3 is 10.6 Å². The van der Waals surface area contributed by atoms with Crippen LogP contribution in [0.2, 0.25) is 0 Å². The van der Waals surface area contributed by atoms with Crippen LogP contribution in [0.25, 0.3) is 0 Å². The van der Waals surface area contributed by atoms with E-state index in [4.69, 9.17) is 0 Å². The summed E-state index contributed by atoms with van der Waals surface area (Å²) < 4.78 is 1.84. The molecule has 0 saturated heterocycles. The maximum absolute atomic E-state index is 4.66. The lowest BCUT2D eigenvalue weighted by Crippen LogP contribution is -2.38. The van der Waals surface area contributed by atoms with Crippen LogP contribution in [0.1, 0.15) is 43.1 Å². The van der Waals surface area contributed by atoms with Crippen molar-refractivity contribution in [1.29, 1.82) is 0 Å². The third-order valence-corrected chi connectivity index (χ3v) is 4.60. The van der Waals surface area contributed by atoms with E-state index in [1.165, 1.54) is 5.01 Å². The summed E-state index contributed by atoms with van der Waals surface area (Å²) in [7, 11) is 1.93. The number of thiazole rings is 1. The Morgan fingerprint density at radius 2 is 2.22 bits per heavy atom. The van der Waals surface area contributed by atoms with Crippen molar-refractivity contribution in [2.45, 2.75) is 39.7 Å². The summed E-state index contributed by atoms with van der Waals surface area (Å²) in [5.41, 5.74) is 2.23. The number of hydrogen-bond donors (Lipinski definition) is 2. The Morgan fingerprint density at radius 3 is 2.83 bits per heavy atom. The topological polar surface area (TPSA) is 67.1 Å². The zero-order valence-corrected chi connectivity index (χ0v) is 15.2. The summed E-state index contributed by atoms with van der Waals surface area (Å²) in [4.78, 5) is 9.25. The molecule has 0 aliphatic carbocycles. The number of hydrogen-bond acceptors (Lipinski definition) is 4. The summed E-state index contributed by atoms with van der Waals surface area (Å²) >= 11 is 1.74. The first-order valence-corrected chi connectivity index (χ1v) is 8.91. The quantitative estimate of drug-likeness (QED) is 0.602. The predicted molar refractivity (Wildman–Crippen MR) is 95.9 cm³/mol. The number of aryl methyl sites for hydroxylation is 1. The first-order chi connectivity index (χ1) is 11.1. The molecule has 7 heteroatoms. The van der Waals surface area contributed by atoms with Gasteiger partial charge in [0.1, 0.15) is 0 Å². The molecule has 126 valence electrons. The monoisotopic (exact) mass is 334 g/mol. The van der Waals surface area contributed by atoms with Crippen LogP contribution in [0.4, 0.5) is 0 Å². The third kappa shape index (κ3) is 5.35. The number of aromatic nitrogens is 3. The fourth-order valence-electron chi connectivity index (χ4n) is 2.07. The highest BCUT2D eigenvalue weighted by Crippen LogP contribution is 2.19. The minimum absolute atomic E-state index is 0.500. The molecule has 2 N–H and O–H groups in total. The van der Waals surface area contributed by atoms with Crippen LogP contribution < -0.4 is 10.6 Å². The molecule has 0 spiro atoms. The number of nitrogens with zero attached hydrogens (tertiary/aromatic N) is 4. The Kier molecular flexibility index (Phi) is 6.58. The molecule has 0 aliphatic rings. The maximum atomic E-state index is 4.66. The zero-order chi connectivity index (χ0) is 16.7. The van der Waals surface area contributed by atoms with E-state index in [1.54, 1.807) is 17.5 Å². The molecule has 0 fully saturated rings. The van der Waals surface area contributed by atoms with Gasteiger partial charge in [-0.15, -0.1) is 11.3 Å². The lowest BCUT2D eigenvalue weighted by atomic mass is 10.2. The Labute approximate surface area is 142 Å². The van der Waals surface area contributed by atoms with Crippen molar-refractivity contribution < 1.29 is 0 Å². The second-order valence-corrected chi connectivity index (χ2v) is 6.54. The largest absolute Gasteiger partial charge is 0.357 e. The molecule has 0 saturated carbocycles. The van der Waals surface area contributed by atoms with Gasteiger partial charge >= 0.3 is 0 Å². The van der Waals surface area contributed by atoms with E-state index in [9.17, 15) is 0 Å². The lowest BCUT2D eigenvalue weighted by Gasteiger charge is -2.10. The Hall–Kier alpha value is -1.89. The molecule has 0 aliphatic heterocycles. The van der Waals surface area contributed by atoms with Crippen molar-refractivity contribution in [3.63, 3.8) is 0 Å². The van der Waals surface area contributed by atoms with Crippen molar-refractivity contribution in [2.75, 3.05) is 13.1 Å². The van der Waals surface area contributed by atoms with Crippen molar-refractivity contribution in [3.8, 4) is 0 Å². The van der Waals surface area contributed by atoms with Gasteiger partial charge in [-0.05, 0) is 13.0 Å². The van der Waals surface area contributed by atoms with Crippen molar-refractivity contribution in [2.24, 2.45) is 12.0 Å². The standard InChI is InChI=1S/C16H26N6S/c1-5-17-16(19-10-14-7-9-20-22(14)4)18-8-6-13-11-23-15(21-13)12(2)3/h7,9,11-12H,5-6,8,10H2,1-4H3,(H2,17,18,19). The van der Waals surface area contributed by atoms with Crippen LogP contribution >= 0.6 is 11.3 Å². The van der Waals surface area contributed by atoms with E-state index in [1.807, 2.05) is 17.8 Å². The van der Waals surface area contributed by atoms with Crippen LogP contribution in [0.15, 0.2) is 22.6 Å². The van der Waals surface area contributed by atoms with Crippen molar-refractivity contribution in [1.82, 2.24) is 25.4 Å². The fraction of sp³-hybridized carbons (Fsp3) is 0.562. The molecule has 6 nitrogen and oxygen atoms in total. The van der Waals surface area contributed by atoms with Gasteiger partial charge in [-0.1, -0.05) is 13.8 Å². The molecule has 0 atom stereocenters. The van der Waals surface area contributed by atoms with E-state index in [-0.39, 0.29) is 0 Å². The number of nitrogens with one attached hydrogen (secondary N) is 2. The highest BCUT2D eigenvalue weighted by atomic mass is 32.1.